The summed E-state index contributed by atoms with van der Waals surface area (Å²) in [5.74, 6) is 0. The van der Waals surface area contributed by atoms with Crippen LogP contribution in [0, 0.1) is 10.6 Å². The Morgan fingerprint density at radius 1 is 1.40 bits per heavy atom. The van der Waals surface area contributed by atoms with Crippen LogP contribution in [0.15, 0.2) is 18.3 Å². The van der Waals surface area contributed by atoms with E-state index in [0.717, 1.165) is 47.3 Å². The van der Waals surface area contributed by atoms with Gasteiger partial charge in [0.05, 0.1) is 5.69 Å². The second-order valence-electron chi connectivity index (χ2n) is 7.76. The number of nitrogens with zero attached hydrogens (tertiary/aromatic N) is 3. The lowest BCUT2D eigenvalue weighted by atomic mass is 9.98. The van der Waals surface area contributed by atoms with Crippen LogP contribution >= 0.6 is 22.6 Å². The predicted molar refractivity (Wildman–Crippen MR) is 107 cm³/mol. The minimum absolute atomic E-state index is 0.155. The van der Waals surface area contributed by atoms with Gasteiger partial charge < -0.3 is 9.64 Å². The van der Waals surface area contributed by atoms with Crippen molar-refractivity contribution < 1.29 is 9.53 Å². The molecule has 0 unspecified atom stereocenters. The normalized spacial score (nSPS) is 18.6. The van der Waals surface area contributed by atoms with Crippen LogP contribution in [0.5, 0.6) is 0 Å². The maximum atomic E-state index is 12.6. The summed E-state index contributed by atoms with van der Waals surface area (Å²) < 4.78 is 8.87. The molecule has 1 amide bonds. The molecule has 0 spiro atoms. The van der Waals surface area contributed by atoms with E-state index in [9.17, 15) is 4.79 Å². The second kappa shape index (κ2) is 7.13. The van der Waals surface area contributed by atoms with Crippen LogP contribution in [-0.2, 0) is 11.2 Å². The molecule has 1 aliphatic heterocycles. The highest BCUT2D eigenvalue weighted by atomic mass is 127. The van der Waals surface area contributed by atoms with Crippen molar-refractivity contribution in [1.82, 2.24) is 14.3 Å². The van der Waals surface area contributed by atoms with Gasteiger partial charge in [0.2, 0.25) is 0 Å². The molecule has 0 aliphatic carbocycles. The molecular formula is C19H26IN3O2. The monoisotopic (exact) mass is 455 g/mol. The first-order valence-corrected chi connectivity index (χ1v) is 9.96. The minimum atomic E-state index is -0.465. The van der Waals surface area contributed by atoms with Crippen molar-refractivity contribution in [2.45, 2.75) is 65.0 Å². The molecule has 136 valence electrons. The lowest BCUT2D eigenvalue weighted by Gasteiger charge is -2.36. The lowest BCUT2D eigenvalue weighted by molar-refractivity contribution is 0.00984. The zero-order valence-electron chi connectivity index (χ0n) is 15.4. The van der Waals surface area contributed by atoms with E-state index in [1.54, 1.807) is 0 Å². The average molecular weight is 455 g/mol. The summed E-state index contributed by atoms with van der Waals surface area (Å²) >= 11 is 2.36. The van der Waals surface area contributed by atoms with Crippen LogP contribution in [0.3, 0.4) is 0 Å². The van der Waals surface area contributed by atoms with Crippen molar-refractivity contribution in [3.05, 3.63) is 33.3 Å². The van der Waals surface area contributed by atoms with Crippen molar-refractivity contribution in [3.8, 4) is 0 Å². The molecule has 1 saturated heterocycles. The third-order valence-electron chi connectivity index (χ3n) is 4.54. The van der Waals surface area contributed by atoms with E-state index in [2.05, 4.69) is 40.0 Å². The van der Waals surface area contributed by atoms with Gasteiger partial charge in [-0.2, -0.15) is 0 Å². The summed E-state index contributed by atoms with van der Waals surface area (Å²) in [4.78, 5) is 19.4. The summed E-state index contributed by atoms with van der Waals surface area (Å²) in [6.07, 6.45) is 5.81. The Morgan fingerprint density at radius 3 is 2.84 bits per heavy atom. The Kier molecular flexibility index (Phi) is 5.27. The maximum Gasteiger partial charge on any atom is 0.410 e. The number of carbonyl (C=O) groups is 1. The smallest absolute Gasteiger partial charge is 0.410 e. The van der Waals surface area contributed by atoms with Gasteiger partial charge in [0.25, 0.3) is 0 Å². The minimum Gasteiger partial charge on any atom is -0.444 e. The Labute approximate surface area is 162 Å². The van der Waals surface area contributed by atoms with Crippen LogP contribution in [0.2, 0.25) is 0 Å². The first kappa shape index (κ1) is 18.5. The maximum absolute atomic E-state index is 12.6. The number of likely N-dealkylation sites (tertiary alicyclic amines) is 1. The number of amides is 1. The quantitative estimate of drug-likeness (QED) is 0.623. The molecule has 0 N–H and O–H groups in total. The fraction of sp³-hybridized carbons (Fsp3) is 0.579. The fourth-order valence-corrected chi connectivity index (χ4v) is 4.08. The van der Waals surface area contributed by atoms with E-state index < -0.39 is 5.60 Å². The lowest BCUT2D eigenvalue weighted by Crippen LogP contribution is -2.47. The van der Waals surface area contributed by atoms with E-state index in [1.165, 1.54) is 5.56 Å². The largest absolute Gasteiger partial charge is 0.444 e. The molecule has 0 bridgehead atoms. The van der Waals surface area contributed by atoms with Gasteiger partial charge in [0.1, 0.15) is 14.9 Å². The van der Waals surface area contributed by atoms with Crippen molar-refractivity contribution in [1.29, 1.82) is 0 Å². The number of aryl methyl sites for hydroxylation is 1. The average Bonchev–Trinajstić information content (AvgIpc) is 2.84. The standard InChI is InChI=1S/C19H26IN3O2/c1-13-8-7-11-23-16(20)15(21-17(13)23)12-14-9-5-6-10-22(14)18(24)25-19(2,3)4/h7-8,11,14H,5-6,9-10,12H2,1-4H3/t14-/m0/s1. The van der Waals surface area contributed by atoms with Crippen molar-refractivity contribution >= 4 is 34.3 Å². The van der Waals surface area contributed by atoms with E-state index in [1.807, 2.05) is 37.9 Å². The molecule has 1 fully saturated rings. The van der Waals surface area contributed by atoms with Crippen molar-refractivity contribution in [2.75, 3.05) is 6.54 Å². The molecule has 3 heterocycles. The van der Waals surface area contributed by atoms with Gasteiger partial charge in [-0.3, -0.25) is 4.40 Å². The number of aromatic nitrogens is 2. The molecule has 1 atom stereocenters. The van der Waals surface area contributed by atoms with Crippen LogP contribution in [0.4, 0.5) is 4.79 Å². The third-order valence-corrected chi connectivity index (χ3v) is 5.68. The molecule has 25 heavy (non-hydrogen) atoms. The number of imidazole rings is 1. The number of piperidine rings is 1. The van der Waals surface area contributed by atoms with Gasteiger partial charge >= 0.3 is 6.09 Å². The Hall–Kier alpha value is -1.31. The topological polar surface area (TPSA) is 46.8 Å². The Morgan fingerprint density at radius 2 is 2.16 bits per heavy atom. The number of ether oxygens (including phenoxy) is 1. The fourth-order valence-electron chi connectivity index (χ4n) is 3.35. The summed E-state index contributed by atoms with van der Waals surface area (Å²) in [5.41, 5.74) is 2.77. The van der Waals surface area contributed by atoms with Crippen molar-refractivity contribution in [3.63, 3.8) is 0 Å². The van der Waals surface area contributed by atoms with Crippen LogP contribution < -0.4 is 0 Å². The number of pyridine rings is 1. The Bertz CT molecular complexity index is 779. The van der Waals surface area contributed by atoms with E-state index >= 15 is 0 Å². The molecule has 2 aromatic heterocycles. The zero-order chi connectivity index (χ0) is 18.2. The molecule has 0 saturated carbocycles. The van der Waals surface area contributed by atoms with E-state index in [-0.39, 0.29) is 12.1 Å². The summed E-state index contributed by atoms with van der Waals surface area (Å²) in [5, 5.41) is 0. The predicted octanol–water partition coefficient (Wildman–Crippen LogP) is 4.58. The zero-order valence-corrected chi connectivity index (χ0v) is 17.5. The van der Waals surface area contributed by atoms with E-state index in [4.69, 9.17) is 9.72 Å². The molecular weight excluding hydrogens is 429 g/mol. The van der Waals surface area contributed by atoms with Crippen LogP contribution in [0.1, 0.15) is 51.3 Å². The number of hydrogen-bond acceptors (Lipinski definition) is 3. The molecule has 5 nitrogen and oxygen atoms in total. The third kappa shape index (κ3) is 4.10. The first-order chi connectivity index (χ1) is 11.8. The van der Waals surface area contributed by atoms with Gasteiger partial charge in [0, 0.05) is 25.2 Å². The first-order valence-electron chi connectivity index (χ1n) is 8.88. The van der Waals surface area contributed by atoms with Crippen LogP contribution in [0.25, 0.3) is 5.65 Å². The molecule has 0 aromatic carbocycles. The Balaban J connectivity index is 1.84. The SMILES string of the molecule is Cc1cccn2c(I)c(C[C@@H]3CCCCN3C(=O)OC(C)(C)C)nc12. The molecule has 1 aliphatic rings. The van der Waals surface area contributed by atoms with Gasteiger partial charge in [-0.15, -0.1) is 0 Å². The van der Waals surface area contributed by atoms with Gasteiger partial charge in [-0.05, 0) is 81.2 Å². The number of carbonyl (C=O) groups excluding carboxylic acids is 1. The number of hydrogen-bond donors (Lipinski definition) is 0. The van der Waals surface area contributed by atoms with Crippen molar-refractivity contribution in [2.24, 2.45) is 0 Å². The van der Waals surface area contributed by atoms with Gasteiger partial charge in [-0.25, -0.2) is 9.78 Å². The van der Waals surface area contributed by atoms with Gasteiger partial charge in [0.15, 0.2) is 0 Å². The number of halogens is 1. The molecule has 0 radical (unpaired) electrons. The van der Waals surface area contributed by atoms with E-state index in [0.29, 0.717) is 0 Å². The second-order valence-corrected chi connectivity index (χ2v) is 8.78. The summed E-state index contributed by atoms with van der Waals surface area (Å²) in [6, 6.07) is 4.28. The highest BCUT2D eigenvalue weighted by molar-refractivity contribution is 14.1. The van der Waals surface area contributed by atoms with Gasteiger partial charge in [-0.1, -0.05) is 6.07 Å². The molecule has 3 rings (SSSR count). The highest BCUT2D eigenvalue weighted by Crippen LogP contribution is 2.26. The number of rotatable bonds is 2. The summed E-state index contributed by atoms with van der Waals surface area (Å²) in [7, 11) is 0. The summed E-state index contributed by atoms with van der Waals surface area (Å²) in [6.45, 7) is 8.59. The molecule has 6 heteroatoms. The van der Waals surface area contributed by atoms with Crippen LogP contribution in [-0.4, -0.2) is 38.6 Å². The number of fused-ring (bicyclic) bond motifs is 1. The highest BCUT2D eigenvalue weighted by Gasteiger charge is 2.31. The molecule has 2 aromatic rings.